The molecular formula is C19H26N4O4S2. The van der Waals surface area contributed by atoms with Gasteiger partial charge in [-0.25, -0.2) is 17.7 Å². The first-order chi connectivity index (χ1) is 13.7. The van der Waals surface area contributed by atoms with Crippen molar-refractivity contribution in [2.45, 2.75) is 31.1 Å². The van der Waals surface area contributed by atoms with E-state index in [0.717, 1.165) is 34.3 Å². The summed E-state index contributed by atoms with van der Waals surface area (Å²) in [5, 5.41) is 8.38. The van der Waals surface area contributed by atoms with Gasteiger partial charge in [0.25, 0.3) is 5.91 Å². The second-order valence-corrected chi connectivity index (χ2v) is 9.78. The average molecular weight is 439 g/mol. The summed E-state index contributed by atoms with van der Waals surface area (Å²) in [5.41, 5.74) is 1.21. The van der Waals surface area contributed by atoms with E-state index >= 15 is 0 Å². The number of rotatable bonds is 10. The highest BCUT2D eigenvalue weighted by atomic mass is 32.2. The normalized spacial score (nSPS) is 11.4. The van der Waals surface area contributed by atoms with Crippen molar-refractivity contribution in [2.24, 2.45) is 0 Å². The van der Waals surface area contributed by atoms with Crippen LogP contribution < -0.4 is 10.6 Å². The molecular weight excluding hydrogens is 412 g/mol. The summed E-state index contributed by atoms with van der Waals surface area (Å²) in [7, 11) is -0.788. The number of hydrogen-bond acceptors (Lipinski definition) is 6. The van der Waals surface area contributed by atoms with Crippen molar-refractivity contribution < 1.29 is 18.0 Å². The number of carbonyl (C=O) groups is 2. The summed E-state index contributed by atoms with van der Waals surface area (Å²) in [6.45, 7) is 2.32. The molecule has 1 aromatic carbocycles. The summed E-state index contributed by atoms with van der Waals surface area (Å²) in [6, 6.07) is 5.71. The van der Waals surface area contributed by atoms with E-state index in [4.69, 9.17) is 0 Å². The standard InChI is InChI=1S/C19H26N4O4S2/c1-14-13-28-18(22-14)9-4-5-10-20-17(24)12-21-19(25)15-7-6-8-16(11-15)29(26,27)23(2)3/h6-8,11,13H,4-5,9-10,12H2,1-3H3,(H,20,24)(H,21,25). The Kier molecular flexibility index (Phi) is 8.30. The zero-order valence-electron chi connectivity index (χ0n) is 16.8. The molecule has 2 amide bonds. The monoisotopic (exact) mass is 438 g/mol. The van der Waals surface area contributed by atoms with Gasteiger partial charge in [0.05, 0.1) is 16.4 Å². The fraction of sp³-hybridized carbons (Fsp3) is 0.421. The van der Waals surface area contributed by atoms with E-state index in [9.17, 15) is 18.0 Å². The highest BCUT2D eigenvalue weighted by Gasteiger charge is 2.18. The van der Waals surface area contributed by atoms with Gasteiger partial charge in [0, 0.05) is 37.3 Å². The first-order valence-electron chi connectivity index (χ1n) is 9.18. The van der Waals surface area contributed by atoms with Crippen molar-refractivity contribution in [2.75, 3.05) is 27.2 Å². The number of hydrogen-bond donors (Lipinski definition) is 2. The minimum atomic E-state index is -3.63. The van der Waals surface area contributed by atoms with Gasteiger partial charge in [-0.15, -0.1) is 11.3 Å². The minimum Gasteiger partial charge on any atom is -0.355 e. The molecule has 2 N–H and O–H groups in total. The van der Waals surface area contributed by atoms with Crippen LogP contribution in [0.15, 0.2) is 34.5 Å². The zero-order chi connectivity index (χ0) is 21.4. The lowest BCUT2D eigenvalue weighted by atomic mass is 10.2. The van der Waals surface area contributed by atoms with Crippen LogP contribution in [0.25, 0.3) is 0 Å². The van der Waals surface area contributed by atoms with Crippen molar-refractivity contribution in [3.8, 4) is 0 Å². The quantitative estimate of drug-likeness (QED) is 0.548. The van der Waals surface area contributed by atoms with Gasteiger partial charge in [0.2, 0.25) is 15.9 Å². The molecule has 0 bridgehead atoms. The van der Waals surface area contributed by atoms with Crippen LogP contribution in [0.5, 0.6) is 0 Å². The van der Waals surface area contributed by atoms with Gasteiger partial charge in [-0.1, -0.05) is 6.07 Å². The molecule has 8 nitrogen and oxygen atoms in total. The lowest BCUT2D eigenvalue weighted by Gasteiger charge is -2.12. The van der Waals surface area contributed by atoms with E-state index in [1.165, 1.54) is 38.4 Å². The maximum Gasteiger partial charge on any atom is 0.251 e. The lowest BCUT2D eigenvalue weighted by molar-refractivity contribution is -0.120. The van der Waals surface area contributed by atoms with Crippen LogP contribution in [0.4, 0.5) is 0 Å². The molecule has 158 valence electrons. The Balaban J connectivity index is 1.73. The van der Waals surface area contributed by atoms with Crippen molar-refractivity contribution in [3.63, 3.8) is 0 Å². The molecule has 2 aromatic rings. The summed E-state index contributed by atoms with van der Waals surface area (Å²) >= 11 is 1.64. The Labute approximate surface area is 175 Å². The number of aromatic nitrogens is 1. The van der Waals surface area contributed by atoms with Crippen LogP contribution >= 0.6 is 11.3 Å². The van der Waals surface area contributed by atoms with Gasteiger partial charge in [-0.2, -0.15) is 0 Å². The maximum absolute atomic E-state index is 12.2. The smallest absolute Gasteiger partial charge is 0.251 e. The van der Waals surface area contributed by atoms with E-state index in [-0.39, 0.29) is 22.9 Å². The van der Waals surface area contributed by atoms with Crippen molar-refractivity contribution in [1.29, 1.82) is 0 Å². The Morgan fingerprint density at radius 2 is 1.93 bits per heavy atom. The van der Waals surface area contributed by atoms with Crippen molar-refractivity contribution >= 4 is 33.2 Å². The van der Waals surface area contributed by atoms with E-state index in [1.807, 2.05) is 12.3 Å². The van der Waals surface area contributed by atoms with E-state index in [1.54, 1.807) is 11.3 Å². The van der Waals surface area contributed by atoms with Crippen LogP contribution in [-0.4, -0.2) is 56.7 Å². The molecule has 0 radical (unpaired) electrons. The second kappa shape index (κ2) is 10.5. The molecule has 0 unspecified atom stereocenters. The second-order valence-electron chi connectivity index (χ2n) is 6.69. The molecule has 0 saturated heterocycles. The molecule has 29 heavy (non-hydrogen) atoms. The molecule has 10 heteroatoms. The van der Waals surface area contributed by atoms with Crippen molar-refractivity contribution in [3.05, 3.63) is 45.9 Å². The Morgan fingerprint density at radius 1 is 1.17 bits per heavy atom. The molecule has 1 aromatic heterocycles. The topological polar surface area (TPSA) is 108 Å². The van der Waals surface area contributed by atoms with Gasteiger partial charge < -0.3 is 10.6 Å². The zero-order valence-corrected chi connectivity index (χ0v) is 18.4. The molecule has 0 aliphatic heterocycles. The SMILES string of the molecule is Cc1csc(CCCCNC(=O)CNC(=O)c2cccc(S(=O)(=O)N(C)C)c2)n1. The van der Waals surface area contributed by atoms with Crippen LogP contribution in [0.2, 0.25) is 0 Å². The van der Waals surface area contributed by atoms with Gasteiger partial charge in [-0.3, -0.25) is 9.59 Å². The summed E-state index contributed by atoms with van der Waals surface area (Å²) < 4.78 is 25.4. The number of nitrogens with zero attached hydrogens (tertiary/aromatic N) is 2. The fourth-order valence-electron chi connectivity index (χ4n) is 2.48. The number of amides is 2. The molecule has 0 atom stereocenters. The highest BCUT2D eigenvalue weighted by Crippen LogP contribution is 2.15. The average Bonchev–Trinajstić information content (AvgIpc) is 3.10. The first-order valence-corrected chi connectivity index (χ1v) is 11.5. The fourth-order valence-corrected chi connectivity index (χ4v) is 4.25. The van der Waals surface area contributed by atoms with Crippen LogP contribution in [-0.2, 0) is 21.2 Å². The van der Waals surface area contributed by atoms with Crippen LogP contribution in [0, 0.1) is 6.92 Å². The largest absolute Gasteiger partial charge is 0.355 e. The highest BCUT2D eigenvalue weighted by molar-refractivity contribution is 7.89. The number of benzene rings is 1. The van der Waals surface area contributed by atoms with Crippen LogP contribution in [0.1, 0.15) is 33.9 Å². The van der Waals surface area contributed by atoms with Crippen LogP contribution in [0.3, 0.4) is 0 Å². The maximum atomic E-state index is 12.2. The number of thiazole rings is 1. The summed E-state index contributed by atoms with van der Waals surface area (Å²) in [5.74, 6) is -0.796. The first kappa shape index (κ1) is 23.0. The summed E-state index contributed by atoms with van der Waals surface area (Å²) in [6.07, 6.45) is 2.63. The third kappa shape index (κ3) is 6.91. The molecule has 2 rings (SSSR count). The van der Waals surface area contributed by atoms with Gasteiger partial charge in [-0.05, 0) is 44.4 Å². The lowest BCUT2D eigenvalue weighted by Crippen LogP contribution is -2.37. The number of unbranched alkanes of at least 4 members (excludes halogenated alkanes) is 1. The van der Waals surface area contributed by atoms with E-state index < -0.39 is 15.9 Å². The molecule has 0 aliphatic carbocycles. The molecule has 0 saturated carbocycles. The van der Waals surface area contributed by atoms with E-state index in [2.05, 4.69) is 15.6 Å². The number of nitrogens with one attached hydrogen (secondary N) is 2. The minimum absolute atomic E-state index is 0.0232. The number of carbonyl (C=O) groups excluding carboxylic acids is 2. The van der Waals surface area contributed by atoms with Gasteiger partial charge >= 0.3 is 0 Å². The summed E-state index contributed by atoms with van der Waals surface area (Å²) in [4.78, 5) is 28.5. The Bertz CT molecular complexity index is 955. The number of aryl methyl sites for hydroxylation is 2. The third-order valence-corrected chi connectivity index (χ3v) is 6.93. The predicted octanol–water partition coefficient (Wildman–Crippen LogP) is 1.57. The Morgan fingerprint density at radius 3 is 2.59 bits per heavy atom. The van der Waals surface area contributed by atoms with Gasteiger partial charge in [0.15, 0.2) is 0 Å². The van der Waals surface area contributed by atoms with Crippen molar-refractivity contribution in [1.82, 2.24) is 19.9 Å². The Hall–Kier alpha value is -2.30. The van der Waals surface area contributed by atoms with E-state index in [0.29, 0.717) is 6.54 Å². The predicted molar refractivity (Wildman–Crippen MR) is 112 cm³/mol. The molecule has 0 aliphatic rings. The molecule has 0 spiro atoms. The third-order valence-electron chi connectivity index (χ3n) is 4.09. The number of sulfonamides is 1. The molecule has 1 heterocycles. The molecule has 0 fully saturated rings. The van der Waals surface area contributed by atoms with Gasteiger partial charge in [0.1, 0.15) is 0 Å².